The number of nitrogens with one attached hydrogen (secondary N) is 2. The Hall–Kier alpha value is -4.38. The number of aliphatic hydroxyl groups is 1. The molecule has 0 saturated carbocycles. The molecule has 1 aromatic heterocycles. The Kier molecular flexibility index (Phi) is 12.5. The first-order valence-corrected chi connectivity index (χ1v) is 15.7. The van der Waals surface area contributed by atoms with Crippen LogP contribution in [0.1, 0.15) is 40.2 Å². The van der Waals surface area contributed by atoms with Gasteiger partial charge in [0, 0.05) is 44.5 Å². The minimum absolute atomic E-state index is 0.0552. The summed E-state index contributed by atoms with van der Waals surface area (Å²) < 4.78 is 45.1. The van der Waals surface area contributed by atoms with Crippen LogP contribution in [0, 0.1) is 5.82 Å². The Morgan fingerprint density at radius 3 is 2.35 bits per heavy atom. The van der Waals surface area contributed by atoms with Crippen LogP contribution in [0.3, 0.4) is 0 Å². The number of carboxylic acid groups (broad SMARTS) is 1. The zero-order valence-electron chi connectivity index (χ0n) is 26.1. The number of hydrogen-bond acceptors (Lipinski definition) is 8. The zero-order chi connectivity index (χ0) is 35.9. The summed E-state index contributed by atoms with van der Waals surface area (Å²) >= 11 is 12.5. The highest BCUT2D eigenvalue weighted by molar-refractivity contribution is 6.34. The lowest BCUT2D eigenvalue weighted by atomic mass is 9.88. The van der Waals surface area contributed by atoms with Gasteiger partial charge in [-0.1, -0.05) is 23.2 Å². The molecule has 0 aliphatic carbocycles. The number of anilines is 1. The molecule has 0 radical (unpaired) electrons. The SMILES string of the molecule is Cn1c(-c2ccc(OC(F)F)c(F)c2Cl)cnc1C(=O)Nc1ccc(C(=O)N2CCN(C(=O)CC3(O)CCNCC3)CC2)c(Cl)c1.O=CO. The smallest absolute Gasteiger partial charge is 0.387 e. The number of carbonyl (C=O) groups excluding carboxylic acids is 3. The van der Waals surface area contributed by atoms with E-state index in [0.29, 0.717) is 52.1 Å². The van der Waals surface area contributed by atoms with Gasteiger partial charge in [0.1, 0.15) is 0 Å². The van der Waals surface area contributed by atoms with Gasteiger partial charge in [-0.25, -0.2) is 9.37 Å². The van der Waals surface area contributed by atoms with Crippen LogP contribution in [0.25, 0.3) is 11.3 Å². The van der Waals surface area contributed by atoms with Gasteiger partial charge >= 0.3 is 6.61 Å². The second-order valence-corrected chi connectivity index (χ2v) is 12.0. The normalized spacial score (nSPS) is 15.7. The van der Waals surface area contributed by atoms with Crippen molar-refractivity contribution < 1.29 is 47.3 Å². The highest BCUT2D eigenvalue weighted by Gasteiger charge is 2.35. The molecule has 4 N–H and O–H groups in total. The molecule has 18 heteroatoms. The zero-order valence-corrected chi connectivity index (χ0v) is 27.6. The minimum Gasteiger partial charge on any atom is -0.483 e. The lowest BCUT2D eigenvalue weighted by Crippen LogP contribution is -2.53. The molecule has 0 unspecified atom stereocenters. The number of benzene rings is 2. The molecular weight excluding hydrogens is 696 g/mol. The van der Waals surface area contributed by atoms with E-state index in [2.05, 4.69) is 20.4 Å². The molecule has 0 atom stereocenters. The van der Waals surface area contributed by atoms with E-state index in [9.17, 15) is 32.7 Å². The van der Waals surface area contributed by atoms with Crippen molar-refractivity contribution in [1.29, 1.82) is 0 Å². The van der Waals surface area contributed by atoms with E-state index in [1.807, 2.05) is 0 Å². The second kappa shape index (κ2) is 16.3. The Morgan fingerprint density at radius 1 is 1.10 bits per heavy atom. The van der Waals surface area contributed by atoms with Gasteiger partial charge < -0.3 is 40.0 Å². The number of rotatable bonds is 8. The van der Waals surface area contributed by atoms with Crippen LogP contribution < -0.4 is 15.4 Å². The number of imidazole rings is 1. The van der Waals surface area contributed by atoms with Gasteiger partial charge in [0.2, 0.25) is 5.91 Å². The molecule has 3 heterocycles. The van der Waals surface area contributed by atoms with Crippen molar-refractivity contribution in [2.75, 3.05) is 44.6 Å². The summed E-state index contributed by atoms with van der Waals surface area (Å²) in [6.45, 7) is -0.882. The number of carbonyl (C=O) groups is 4. The fourth-order valence-corrected chi connectivity index (χ4v) is 6.05. The van der Waals surface area contributed by atoms with Crippen molar-refractivity contribution in [3.8, 4) is 17.0 Å². The molecule has 49 heavy (non-hydrogen) atoms. The number of alkyl halides is 2. The maximum atomic E-state index is 14.5. The molecule has 2 fully saturated rings. The van der Waals surface area contributed by atoms with E-state index in [1.165, 1.54) is 42.1 Å². The summed E-state index contributed by atoms with van der Waals surface area (Å²) in [5, 5.41) is 23.0. The van der Waals surface area contributed by atoms with Gasteiger partial charge in [-0.2, -0.15) is 8.78 Å². The van der Waals surface area contributed by atoms with Crippen molar-refractivity contribution in [3.05, 3.63) is 63.8 Å². The van der Waals surface area contributed by atoms with Crippen molar-refractivity contribution in [1.82, 2.24) is 24.7 Å². The van der Waals surface area contributed by atoms with Crippen LogP contribution in [0.4, 0.5) is 18.9 Å². The molecule has 2 aliphatic rings. The van der Waals surface area contributed by atoms with Gasteiger partial charge in [-0.15, -0.1) is 0 Å². The molecule has 13 nitrogen and oxygen atoms in total. The number of ether oxygens (including phenoxy) is 1. The van der Waals surface area contributed by atoms with Crippen molar-refractivity contribution in [3.63, 3.8) is 0 Å². The third-order valence-electron chi connectivity index (χ3n) is 8.12. The van der Waals surface area contributed by atoms with Gasteiger partial charge in [-0.3, -0.25) is 19.2 Å². The summed E-state index contributed by atoms with van der Waals surface area (Å²) in [5.41, 5.74) is -0.169. The first kappa shape index (κ1) is 37.4. The van der Waals surface area contributed by atoms with Crippen LogP contribution >= 0.6 is 23.2 Å². The Bertz CT molecular complexity index is 1700. The van der Waals surface area contributed by atoms with Gasteiger partial charge in [0.05, 0.1) is 39.5 Å². The Balaban J connectivity index is 0.00000174. The molecular formula is C31H33Cl2F3N6O7. The first-order chi connectivity index (χ1) is 23.3. The number of amides is 3. The number of halogens is 5. The number of piperidine rings is 1. The molecule has 2 aromatic carbocycles. The van der Waals surface area contributed by atoms with E-state index in [-0.39, 0.29) is 58.1 Å². The Morgan fingerprint density at radius 2 is 1.73 bits per heavy atom. The molecule has 264 valence electrons. The van der Waals surface area contributed by atoms with Crippen molar-refractivity contribution >= 4 is 53.1 Å². The van der Waals surface area contributed by atoms with Crippen molar-refractivity contribution in [2.24, 2.45) is 7.05 Å². The standard InChI is InChI=1S/C30H31Cl2F3N6O5.CH2O2/c1-39-21(19-4-5-22(46-29(34)35)25(33)24(19)32)16-37-26(39)27(43)38-17-2-3-18(20(31)14-17)28(44)41-12-10-40(11-13-41)23(42)15-30(45)6-8-36-9-7-30;2-1-3/h2-5,14,16,29,36,45H,6-13,15H2,1H3,(H,38,43);1H,(H,2,3). The molecule has 2 saturated heterocycles. The van der Waals surface area contributed by atoms with Gasteiger partial charge in [0.15, 0.2) is 17.4 Å². The van der Waals surface area contributed by atoms with Crippen LogP contribution in [0.15, 0.2) is 36.5 Å². The molecule has 2 aliphatic heterocycles. The lowest BCUT2D eigenvalue weighted by Gasteiger charge is -2.38. The van der Waals surface area contributed by atoms with E-state index in [4.69, 9.17) is 33.1 Å². The summed E-state index contributed by atoms with van der Waals surface area (Å²) in [7, 11) is 1.49. The fourth-order valence-electron chi connectivity index (χ4n) is 5.53. The van der Waals surface area contributed by atoms with E-state index in [0.717, 1.165) is 6.07 Å². The van der Waals surface area contributed by atoms with Crippen molar-refractivity contribution in [2.45, 2.75) is 31.5 Å². The van der Waals surface area contributed by atoms with Crippen LogP contribution in [0.5, 0.6) is 5.75 Å². The maximum Gasteiger partial charge on any atom is 0.387 e. The summed E-state index contributed by atoms with van der Waals surface area (Å²) in [6.07, 6.45) is 2.37. The third kappa shape index (κ3) is 9.00. The molecule has 0 bridgehead atoms. The lowest BCUT2D eigenvalue weighted by molar-refractivity contribution is -0.139. The largest absolute Gasteiger partial charge is 0.483 e. The molecule has 3 amide bonds. The van der Waals surface area contributed by atoms with Crippen LogP contribution in [0.2, 0.25) is 10.0 Å². The summed E-state index contributed by atoms with van der Waals surface area (Å²) in [4.78, 5) is 54.8. The quantitative estimate of drug-likeness (QED) is 0.252. The van der Waals surface area contributed by atoms with Crippen LogP contribution in [-0.4, -0.2) is 105 Å². The van der Waals surface area contributed by atoms with Gasteiger partial charge in [0.25, 0.3) is 18.3 Å². The first-order valence-electron chi connectivity index (χ1n) is 14.9. The number of aromatic nitrogens is 2. The average Bonchev–Trinajstić information content (AvgIpc) is 3.44. The average molecular weight is 730 g/mol. The van der Waals surface area contributed by atoms with E-state index >= 15 is 0 Å². The van der Waals surface area contributed by atoms with E-state index < -0.39 is 34.7 Å². The summed E-state index contributed by atoms with van der Waals surface area (Å²) in [5.74, 6) is -3.08. The second-order valence-electron chi connectivity index (χ2n) is 11.2. The Labute approximate surface area is 288 Å². The van der Waals surface area contributed by atoms with Crippen LogP contribution in [-0.2, 0) is 16.6 Å². The summed E-state index contributed by atoms with van der Waals surface area (Å²) in [6, 6.07) is 6.69. The predicted octanol–water partition coefficient (Wildman–Crippen LogP) is 3.88. The fraction of sp³-hybridized carbons (Fsp3) is 0.387. The topological polar surface area (TPSA) is 166 Å². The molecule has 0 spiro atoms. The molecule has 5 rings (SSSR count). The number of piperazine rings is 1. The predicted molar refractivity (Wildman–Crippen MR) is 172 cm³/mol. The minimum atomic E-state index is -3.23. The monoisotopic (exact) mass is 728 g/mol. The maximum absolute atomic E-state index is 14.5. The number of nitrogens with zero attached hydrogens (tertiary/aromatic N) is 4. The molecule has 3 aromatic rings. The third-order valence-corrected chi connectivity index (χ3v) is 8.80. The van der Waals surface area contributed by atoms with Gasteiger partial charge in [-0.05, 0) is 56.3 Å². The number of hydrogen-bond donors (Lipinski definition) is 4. The highest BCUT2D eigenvalue weighted by atomic mass is 35.5. The van der Waals surface area contributed by atoms with E-state index in [1.54, 1.807) is 9.80 Å². The highest BCUT2D eigenvalue weighted by Crippen LogP contribution is 2.36.